The van der Waals surface area contributed by atoms with Gasteiger partial charge in [-0.1, -0.05) is 6.07 Å². The molecule has 0 radical (unpaired) electrons. The summed E-state index contributed by atoms with van der Waals surface area (Å²) in [4.78, 5) is 20.0. The third-order valence-electron chi connectivity index (χ3n) is 5.79. The molecular weight excluding hydrogens is 369 g/mol. The minimum Gasteiger partial charge on any atom is -0.317 e. The first-order valence-electron chi connectivity index (χ1n) is 9.89. The fraction of sp³-hybridized carbons (Fsp3) is 0.318. The lowest BCUT2D eigenvalue weighted by Crippen LogP contribution is -2.28. The van der Waals surface area contributed by atoms with E-state index in [1.807, 2.05) is 32.3 Å². The summed E-state index contributed by atoms with van der Waals surface area (Å²) in [7, 11) is 1.87. The molecule has 1 saturated heterocycles. The molecule has 2 aromatic heterocycles. The minimum absolute atomic E-state index is 0.142. The van der Waals surface area contributed by atoms with Crippen molar-refractivity contribution in [2.75, 3.05) is 13.1 Å². The van der Waals surface area contributed by atoms with Gasteiger partial charge in [-0.05, 0) is 62.2 Å². The lowest BCUT2D eigenvalue weighted by molar-refractivity contribution is 0.445. The van der Waals surface area contributed by atoms with Crippen LogP contribution in [0.3, 0.4) is 0 Å². The predicted octanol–water partition coefficient (Wildman–Crippen LogP) is 3.39. The van der Waals surface area contributed by atoms with Crippen LogP contribution < -0.4 is 10.9 Å². The number of benzene rings is 2. The van der Waals surface area contributed by atoms with Crippen molar-refractivity contribution in [3.63, 3.8) is 0 Å². The molecule has 5 rings (SSSR count). The molecule has 1 fully saturated rings. The first-order valence-corrected chi connectivity index (χ1v) is 9.89. The average molecular weight is 391 g/mol. The smallest absolute Gasteiger partial charge is 0.258 e. The Morgan fingerprint density at radius 2 is 1.97 bits per heavy atom. The number of halogens is 1. The Morgan fingerprint density at radius 1 is 1.17 bits per heavy atom. The van der Waals surface area contributed by atoms with Crippen molar-refractivity contribution in [3.05, 3.63) is 58.0 Å². The number of rotatable bonds is 2. The minimum atomic E-state index is -0.452. The molecule has 6 nitrogen and oxygen atoms in total. The number of hydrogen-bond acceptors (Lipinski definition) is 4. The first kappa shape index (κ1) is 18.0. The number of H-pyrrole nitrogens is 1. The number of piperidine rings is 1. The molecule has 0 amide bonds. The molecule has 0 spiro atoms. The van der Waals surface area contributed by atoms with Gasteiger partial charge < -0.3 is 10.3 Å². The average Bonchev–Trinajstić information content (AvgIpc) is 3.10. The van der Waals surface area contributed by atoms with Gasteiger partial charge in [0.05, 0.1) is 10.9 Å². The van der Waals surface area contributed by atoms with Crippen LogP contribution in [0.25, 0.3) is 32.9 Å². The fourth-order valence-corrected chi connectivity index (χ4v) is 4.29. The molecule has 0 saturated carbocycles. The molecule has 0 aliphatic carbocycles. The maximum atomic E-state index is 15.6. The third kappa shape index (κ3) is 3.02. The number of fused-ring (bicyclic) bond motifs is 2. The van der Waals surface area contributed by atoms with E-state index in [9.17, 15) is 4.79 Å². The third-order valence-corrected chi connectivity index (χ3v) is 5.79. The van der Waals surface area contributed by atoms with E-state index in [4.69, 9.17) is 0 Å². The van der Waals surface area contributed by atoms with Gasteiger partial charge in [0.2, 0.25) is 0 Å². The summed E-state index contributed by atoms with van der Waals surface area (Å²) in [6.45, 7) is 3.72. The molecule has 0 unspecified atom stereocenters. The normalized spacial score (nSPS) is 15.4. The Labute approximate surface area is 166 Å². The summed E-state index contributed by atoms with van der Waals surface area (Å²) in [6, 6.07) is 7.19. The molecule has 148 valence electrons. The molecule has 29 heavy (non-hydrogen) atoms. The SMILES string of the molecule is Cc1cc(-c2ccc3c(=O)[nH]c(C4CCNCC4)nc3c2F)cc2cn(C)nc12. The summed E-state index contributed by atoms with van der Waals surface area (Å²) < 4.78 is 17.3. The number of aromatic amines is 1. The number of nitrogens with one attached hydrogen (secondary N) is 2. The van der Waals surface area contributed by atoms with Crippen LogP contribution in [0.1, 0.15) is 30.1 Å². The monoisotopic (exact) mass is 391 g/mol. The Morgan fingerprint density at radius 3 is 2.76 bits per heavy atom. The van der Waals surface area contributed by atoms with Crippen molar-refractivity contribution in [1.82, 2.24) is 25.1 Å². The van der Waals surface area contributed by atoms with Crippen molar-refractivity contribution in [2.24, 2.45) is 7.05 Å². The van der Waals surface area contributed by atoms with E-state index >= 15 is 4.39 Å². The van der Waals surface area contributed by atoms with E-state index in [1.54, 1.807) is 16.8 Å². The number of hydrogen-bond donors (Lipinski definition) is 2. The Hall–Kier alpha value is -3.06. The fourth-order valence-electron chi connectivity index (χ4n) is 4.29. The van der Waals surface area contributed by atoms with E-state index < -0.39 is 5.82 Å². The van der Waals surface area contributed by atoms with Gasteiger partial charge in [-0.2, -0.15) is 5.10 Å². The van der Waals surface area contributed by atoms with E-state index in [2.05, 4.69) is 20.4 Å². The highest BCUT2D eigenvalue weighted by molar-refractivity contribution is 5.90. The Balaban J connectivity index is 1.69. The van der Waals surface area contributed by atoms with E-state index in [0.717, 1.165) is 48.0 Å². The molecule has 1 aliphatic heterocycles. The number of aryl methyl sites for hydroxylation is 2. The van der Waals surface area contributed by atoms with Gasteiger partial charge in [0, 0.05) is 30.1 Å². The first-order chi connectivity index (χ1) is 14.0. The molecule has 3 heterocycles. The summed E-state index contributed by atoms with van der Waals surface area (Å²) >= 11 is 0. The van der Waals surface area contributed by atoms with Crippen LogP contribution in [0.4, 0.5) is 4.39 Å². The summed E-state index contributed by atoms with van der Waals surface area (Å²) in [5.41, 5.74) is 2.94. The Kier molecular flexibility index (Phi) is 4.20. The highest BCUT2D eigenvalue weighted by Crippen LogP contribution is 2.31. The molecule has 1 aliphatic rings. The predicted molar refractivity (Wildman–Crippen MR) is 112 cm³/mol. The van der Waals surface area contributed by atoms with Crippen molar-refractivity contribution < 1.29 is 4.39 Å². The molecular formula is C22H22FN5O. The van der Waals surface area contributed by atoms with Crippen LogP contribution in [0, 0.1) is 12.7 Å². The maximum Gasteiger partial charge on any atom is 0.258 e. The van der Waals surface area contributed by atoms with Crippen LogP contribution in [0.15, 0.2) is 35.3 Å². The van der Waals surface area contributed by atoms with Gasteiger partial charge in [0.15, 0.2) is 5.82 Å². The van der Waals surface area contributed by atoms with Crippen LogP contribution in [-0.2, 0) is 7.05 Å². The molecule has 4 aromatic rings. The number of nitrogens with zero attached hydrogens (tertiary/aromatic N) is 3. The van der Waals surface area contributed by atoms with Gasteiger partial charge in [-0.3, -0.25) is 9.48 Å². The van der Waals surface area contributed by atoms with Crippen LogP contribution in [0.2, 0.25) is 0 Å². The quantitative estimate of drug-likeness (QED) is 0.549. The standard InChI is InChI=1S/C22H22FN5O/c1-12-9-14(10-15-11-28(2)27-19(12)15)16-3-4-17-20(18(16)23)25-21(26-22(17)29)13-5-7-24-8-6-13/h3-4,9-11,13,24H,5-8H2,1-2H3,(H,25,26,29). The summed E-state index contributed by atoms with van der Waals surface area (Å²) in [5, 5.41) is 8.99. The zero-order valence-electron chi connectivity index (χ0n) is 16.4. The summed E-state index contributed by atoms with van der Waals surface area (Å²) in [6.07, 6.45) is 3.68. The summed E-state index contributed by atoms with van der Waals surface area (Å²) in [5.74, 6) is 0.274. The topological polar surface area (TPSA) is 75.6 Å². The molecule has 7 heteroatoms. The number of aromatic nitrogens is 4. The van der Waals surface area contributed by atoms with Crippen LogP contribution in [-0.4, -0.2) is 32.8 Å². The van der Waals surface area contributed by atoms with Gasteiger partial charge in [0.1, 0.15) is 11.3 Å². The lowest BCUT2D eigenvalue weighted by Gasteiger charge is -2.22. The molecule has 2 aromatic carbocycles. The zero-order valence-corrected chi connectivity index (χ0v) is 16.4. The maximum absolute atomic E-state index is 15.6. The van der Waals surface area contributed by atoms with E-state index in [-0.39, 0.29) is 22.4 Å². The molecule has 2 N–H and O–H groups in total. The van der Waals surface area contributed by atoms with Gasteiger partial charge >= 0.3 is 0 Å². The molecule has 0 atom stereocenters. The second kappa shape index (κ2) is 6.77. The van der Waals surface area contributed by atoms with Crippen LogP contribution >= 0.6 is 0 Å². The van der Waals surface area contributed by atoms with Crippen molar-refractivity contribution in [3.8, 4) is 11.1 Å². The second-order valence-corrected chi connectivity index (χ2v) is 7.83. The van der Waals surface area contributed by atoms with E-state index in [0.29, 0.717) is 11.4 Å². The van der Waals surface area contributed by atoms with Gasteiger partial charge in [0.25, 0.3) is 5.56 Å². The highest BCUT2D eigenvalue weighted by Gasteiger charge is 2.21. The van der Waals surface area contributed by atoms with Gasteiger partial charge in [-0.15, -0.1) is 0 Å². The van der Waals surface area contributed by atoms with Crippen LogP contribution in [0.5, 0.6) is 0 Å². The Bertz CT molecular complexity index is 1300. The van der Waals surface area contributed by atoms with Crippen molar-refractivity contribution in [2.45, 2.75) is 25.7 Å². The van der Waals surface area contributed by atoms with Gasteiger partial charge in [-0.25, -0.2) is 9.37 Å². The lowest BCUT2D eigenvalue weighted by atomic mass is 9.96. The van der Waals surface area contributed by atoms with Crippen molar-refractivity contribution >= 4 is 21.8 Å². The van der Waals surface area contributed by atoms with E-state index in [1.165, 1.54) is 0 Å². The largest absolute Gasteiger partial charge is 0.317 e. The molecule has 0 bridgehead atoms. The second-order valence-electron chi connectivity index (χ2n) is 7.83. The zero-order chi connectivity index (χ0) is 20.1. The highest BCUT2D eigenvalue weighted by atomic mass is 19.1. The van der Waals surface area contributed by atoms with Crippen molar-refractivity contribution in [1.29, 1.82) is 0 Å².